The maximum Gasteiger partial charge on any atom is 0.250 e. The number of hydrogen-bond acceptors (Lipinski definition) is 5. The van der Waals surface area contributed by atoms with Gasteiger partial charge >= 0.3 is 0 Å². The number of aryl methyl sites for hydroxylation is 2. The molecule has 7 heteroatoms. The molecule has 0 N–H and O–H groups in total. The number of carbonyl (C=O) groups excluding carboxylic acids is 1. The standard InChI is InChI=1S/C19H22N4O2S/c1-13-10-14(2)23(21-13)12-18(24)22(11-15-6-5-9-25-15)19-20-16-7-3-4-8-17(16)26-19/h3-4,7-8,10,15H,5-6,9,11-12H2,1-2H3. The van der Waals surface area contributed by atoms with Gasteiger partial charge in [-0.2, -0.15) is 5.10 Å². The summed E-state index contributed by atoms with van der Waals surface area (Å²) in [4.78, 5) is 19.6. The highest BCUT2D eigenvalue weighted by Crippen LogP contribution is 2.30. The van der Waals surface area contributed by atoms with Gasteiger partial charge in [-0.3, -0.25) is 14.4 Å². The van der Waals surface area contributed by atoms with E-state index in [9.17, 15) is 4.79 Å². The van der Waals surface area contributed by atoms with Gasteiger partial charge in [0, 0.05) is 12.3 Å². The molecule has 1 unspecified atom stereocenters. The monoisotopic (exact) mass is 370 g/mol. The molecule has 3 heterocycles. The van der Waals surface area contributed by atoms with Gasteiger partial charge in [-0.15, -0.1) is 0 Å². The molecule has 136 valence electrons. The quantitative estimate of drug-likeness (QED) is 0.691. The van der Waals surface area contributed by atoms with Crippen LogP contribution >= 0.6 is 11.3 Å². The molecule has 0 spiro atoms. The molecule has 6 nitrogen and oxygen atoms in total. The summed E-state index contributed by atoms with van der Waals surface area (Å²) in [5.41, 5.74) is 2.82. The first-order valence-electron chi connectivity index (χ1n) is 8.89. The van der Waals surface area contributed by atoms with E-state index in [4.69, 9.17) is 4.74 Å². The Labute approximate surface area is 156 Å². The molecule has 1 aromatic carbocycles. The first-order valence-corrected chi connectivity index (χ1v) is 9.70. The van der Waals surface area contributed by atoms with Crippen LogP contribution in [0.15, 0.2) is 30.3 Å². The number of thiazole rings is 1. The highest BCUT2D eigenvalue weighted by molar-refractivity contribution is 7.22. The van der Waals surface area contributed by atoms with Crippen molar-refractivity contribution < 1.29 is 9.53 Å². The van der Waals surface area contributed by atoms with Crippen LogP contribution < -0.4 is 4.90 Å². The molecule has 0 bridgehead atoms. The van der Waals surface area contributed by atoms with Gasteiger partial charge < -0.3 is 4.74 Å². The van der Waals surface area contributed by atoms with Crippen molar-refractivity contribution >= 4 is 32.6 Å². The van der Waals surface area contributed by atoms with E-state index in [-0.39, 0.29) is 18.6 Å². The van der Waals surface area contributed by atoms with Crippen LogP contribution in [-0.2, 0) is 16.1 Å². The van der Waals surface area contributed by atoms with E-state index in [1.165, 1.54) is 0 Å². The van der Waals surface area contributed by atoms with Crippen LogP contribution in [0.2, 0.25) is 0 Å². The SMILES string of the molecule is Cc1cc(C)n(CC(=O)N(CC2CCCO2)c2nc3ccccc3s2)n1. The number of para-hydroxylation sites is 1. The maximum absolute atomic E-state index is 13.1. The summed E-state index contributed by atoms with van der Waals surface area (Å²) in [6.07, 6.45) is 2.10. The summed E-state index contributed by atoms with van der Waals surface area (Å²) < 4.78 is 8.61. The van der Waals surface area contributed by atoms with Crippen molar-refractivity contribution in [3.05, 3.63) is 41.7 Å². The Morgan fingerprint density at radius 2 is 2.23 bits per heavy atom. The van der Waals surface area contributed by atoms with Crippen LogP contribution in [0.4, 0.5) is 5.13 Å². The van der Waals surface area contributed by atoms with Gasteiger partial charge in [0.1, 0.15) is 6.54 Å². The molecular weight excluding hydrogens is 348 g/mol. The minimum atomic E-state index is -0.00856. The van der Waals surface area contributed by atoms with Crippen LogP contribution in [0.3, 0.4) is 0 Å². The molecule has 0 saturated carbocycles. The maximum atomic E-state index is 13.1. The van der Waals surface area contributed by atoms with Crippen molar-refractivity contribution in [3.63, 3.8) is 0 Å². The van der Waals surface area contributed by atoms with Gasteiger partial charge in [-0.1, -0.05) is 23.5 Å². The Morgan fingerprint density at radius 1 is 1.38 bits per heavy atom. The molecule has 1 saturated heterocycles. The first-order chi connectivity index (χ1) is 12.6. The highest BCUT2D eigenvalue weighted by atomic mass is 32.1. The molecule has 3 aromatic rings. The Balaban J connectivity index is 1.62. The van der Waals surface area contributed by atoms with Gasteiger partial charge in [0.25, 0.3) is 5.91 Å². The number of anilines is 1. The Kier molecular flexibility index (Phi) is 4.74. The van der Waals surface area contributed by atoms with Crippen molar-refractivity contribution in [2.45, 2.75) is 39.3 Å². The van der Waals surface area contributed by atoms with Gasteiger partial charge in [-0.25, -0.2) is 4.98 Å². The predicted octanol–water partition coefficient (Wildman–Crippen LogP) is 3.32. The van der Waals surface area contributed by atoms with E-state index in [0.29, 0.717) is 6.54 Å². The molecule has 1 atom stereocenters. The fourth-order valence-corrected chi connectivity index (χ4v) is 4.29. The summed E-state index contributed by atoms with van der Waals surface area (Å²) in [7, 11) is 0. The number of hydrogen-bond donors (Lipinski definition) is 0. The second kappa shape index (κ2) is 7.17. The summed E-state index contributed by atoms with van der Waals surface area (Å²) in [6, 6.07) is 9.95. The number of amides is 1. The molecule has 0 radical (unpaired) electrons. The number of aromatic nitrogens is 3. The Morgan fingerprint density at radius 3 is 2.92 bits per heavy atom. The normalized spacial score (nSPS) is 17.1. The van der Waals surface area contributed by atoms with E-state index >= 15 is 0 Å². The fraction of sp³-hybridized carbons (Fsp3) is 0.421. The van der Waals surface area contributed by atoms with Crippen molar-refractivity contribution in [1.29, 1.82) is 0 Å². The molecule has 26 heavy (non-hydrogen) atoms. The van der Waals surface area contributed by atoms with E-state index in [1.807, 2.05) is 44.2 Å². The summed E-state index contributed by atoms with van der Waals surface area (Å²) >= 11 is 1.55. The molecule has 2 aromatic heterocycles. The van der Waals surface area contributed by atoms with Crippen molar-refractivity contribution in [1.82, 2.24) is 14.8 Å². The third-order valence-electron chi connectivity index (χ3n) is 4.61. The topological polar surface area (TPSA) is 60.2 Å². The smallest absolute Gasteiger partial charge is 0.250 e. The van der Waals surface area contributed by atoms with Crippen LogP contribution in [-0.4, -0.2) is 39.9 Å². The average Bonchev–Trinajstić information content (AvgIpc) is 3.33. The van der Waals surface area contributed by atoms with E-state index < -0.39 is 0 Å². The predicted molar refractivity (Wildman–Crippen MR) is 103 cm³/mol. The van der Waals surface area contributed by atoms with Crippen molar-refractivity contribution in [2.75, 3.05) is 18.1 Å². The van der Waals surface area contributed by atoms with Gasteiger partial charge in [0.15, 0.2) is 5.13 Å². The summed E-state index contributed by atoms with van der Waals surface area (Å²) in [5, 5.41) is 5.15. The fourth-order valence-electron chi connectivity index (χ4n) is 3.30. The number of nitrogens with zero attached hydrogens (tertiary/aromatic N) is 4. The highest BCUT2D eigenvalue weighted by Gasteiger charge is 2.26. The van der Waals surface area contributed by atoms with Crippen molar-refractivity contribution in [2.24, 2.45) is 0 Å². The molecular formula is C19H22N4O2S. The molecule has 1 amide bonds. The van der Waals surface area contributed by atoms with E-state index in [2.05, 4.69) is 10.1 Å². The van der Waals surface area contributed by atoms with Gasteiger partial charge in [0.05, 0.1) is 28.6 Å². The lowest BCUT2D eigenvalue weighted by Gasteiger charge is -2.23. The van der Waals surface area contributed by atoms with E-state index in [1.54, 1.807) is 20.9 Å². The van der Waals surface area contributed by atoms with Gasteiger partial charge in [-0.05, 0) is 44.9 Å². The van der Waals surface area contributed by atoms with E-state index in [0.717, 1.165) is 46.2 Å². The second-order valence-electron chi connectivity index (χ2n) is 6.69. The number of rotatable bonds is 5. The van der Waals surface area contributed by atoms with Crippen LogP contribution in [0.25, 0.3) is 10.2 Å². The zero-order valence-corrected chi connectivity index (χ0v) is 15.8. The number of benzene rings is 1. The lowest BCUT2D eigenvalue weighted by atomic mass is 10.2. The lowest BCUT2D eigenvalue weighted by molar-refractivity contribution is -0.119. The van der Waals surface area contributed by atoms with Gasteiger partial charge in [0.2, 0.25) is 0 Å². The molecule has 0 aliphatic carbocycles. The third kappa shape index (κ3) is 3.50. The summed E-state index contributed by atoms with van der Waals surface area (Å²) in [6.45, 7) is 5.42. The summed E-state index contributed by atoms with van der Waals surface area (Å²) in [5.74, 6) is -0.00856. The minimum Gasteiger partial charge on any atom is -0.376 e. The zero-order valence-electron chi connectivity index (χ0n) is 15.0. The molecule has 1 fully saturated rings. The molecule has 1 aliphatic rings. The number of fused-ring (bicyclic) bond motifs is 1. The van der Waals surface area contributed by atoms with Crippen LogP contribution in [0.5, 0.6) is 0 Å². The van der Waals surface area contributed by atoms with Crippen molar-refractivity contribution in [3.8, 4) is 0 Å². The molecule has 4 rings (SSSR count). The van der Waals surface area contributed by atoms with Crippen LogP contribution in [0, 0.1) is 13.8 Å². The van der Waals surface area contributed by atoms with Crippen LogP contribution in [0.1, 0.15) is 24.2 Å². The minimum absolute atomic E-state index is 0.00856. The largest absolute Gasteiger partial charge is 0.376 e. The number of ether oxygens (including phenoxy) is 1. The Hall–Kier alpha value is -2.25. The average molecular weight is 370 g/mol. The second-order valence-corrected chi connectivity index (χ2v) is 7.70. The number of carbonyl (C=O) groups is 1. The Bertz CT molecular complexity index is 894. The lowest BCUT2D eigenvalue weighted by Crippen LogP contribution is -2.39. The molecule has 1 aliphatic heterocycles. The first kappa shape index (κ1) is 17.2. The zero-order chi connectivity index (χ0) is 18.1. The third-order valence-corrected chi connectivity index (χ3v) is 5.67.